The van der Waals surface area contributed by atoms with E-state index in [1.54, 1.807) is 18.3 Å². The molecule has 0 N–H and O–H groups in total. The molecular formula is C76H70F9NO8S5. The van der Waals surface area contributed by atoms with Gasteiger partial charge >= 0.3 is 0 Å². The van der Waals surface area contributed by atoms with Crippen LogP contribution in [-0.4, -0.2) is 63.7 Å². The summed E-state index contributed by atoms with van der Waals surface area (Å²) in [6.07, 6.45) is 14.5. The van der Waals surface area contributed by atoms with Crippen LogP contribution in [-0.2, 0) is 58.3 Å². The summed E-state index contributed by atoms with van der Waals surface area (Å²) in [7, 11) is -15.1. The van der Waals surface area contributed by atoms with Gasteiger partial charge in [-0.2, -0.15) is 0 Å². The maximum absolute atomic E-state index is 14.7. The van der Waals surface area contributed by atoms with Gasteiger partial charge in [-0.15, -0.1) is 11.3 Å². The third-order valence-corrected chi connectivity index (χ3v) is 27.0. The second-order valence-corrected chi connectivity index (χ2v) is 34.2. The lowest BCUT2D eigenvalue weighted by atomic mass is 9.76. The van der Waals surface area contributed by atoms with Crippen LogP contribution in [0.3, 0.4) is 0 Å². The molecule has 2 fully saturated rings. The van der Waals surface area contributed by atoms with Crippen LogP contribution in [0.4, 0.5) is 39.5 Å². The van der Waals surface area contributed by atoms with Crippen molar-refractivity contribution in [1.82, 2.24) is 4.98 Å². The lowest BCUT2D eigenvalue weighted by Gasteiger charge is -2.40. The third kappa shape index (κ3) is 15.1. The van der Waals surface area contributed by atoms with Crippen molar-refractivity contribution in [2.75, 3.05) is 25.0 Å². The molecule has 2 saturated carbocycles. The number of hydrogen-bond acceptors (Lipinski definition) is 10. The Morgan fingerprint density at radius 2 is 0.556 bits per heavy atom. The van der Waals surface area contributed by atoms with Gasteiger partial charge in [0.05, 0.1) is 0 Å². The maximum atomic E-state index is 14.7. The molecular weight excluding hydrogens is 1390 g/mol. The highest BCUT2D eigenvalue weighted by molar-refractivity contribution is 7.93. The zero-order chi connectivity index (χ0) is 71.8. The van der Waals surface area contributed by atoms with E-state index in [4.69, 9.17) is 0 Å². The van der Waals surface area contributed by atoms with Gasteiger partial charge in [-0.3, -0.25) is 0 Å². The van der Waals surface area contributed by atoms with Crippen LogP contribution in [0, 0.1) is 64.2 Å². The molecule has 99 heavy (non-hydrogen) atoms. The number of nitrogens with zero attached hydrogens (tertiary/aromatic N) is 1. The Balaban J connectivity index is 0.000000154. The third-order valence-electron chi connectivity index (χ3n) is 18.5. The van der Waals surface area contributed by atoms with Crippen LogP contribution in [0.25, 0.3) is 0 Å². The quantitative estimate of drug-likeness (QED) is 0.0680. The first kappa shape index (κ1) is 75.0. The minimum atomic E-state index is -4.02. The van der Waals surface area contributed by atoms with Gasteiger partial charge in [0.25, 0.3) is 0 Å². The molecule has 0 amide bonds. The molecule has 10 aromatic rings. The van der Waals surface area contributed by atoms with Gasteiger partial charge < -0.3 is 0 Å². The highest BCUT2D eigenvalue weighted by atomic mass is 32.2. The first-order valence-electron chi connectivity index (χ1n) is 31.4. The van der Waals surface area contributed by atoms with E-state index in [0.29, 0.717) is 21.7 Å². The fraction of sp³-hybridized carbons (Fsp3) is 0.250. The van der Waals surface area contributed by atoms with Gasteiger partial charge in [0, 0.05) is 47.7 Å². The van der Waals surface area contributed by atoms with Crippen LogP contribution in [0.5, 0.6) is 0 Å². The highest BCUT2D eigenvalue weighted by Crippen LogP contribution is 2.53. The normalized spacial score (nSPS) is 14.9. The molecule has 12 rings (SSSR count). The number of aromatic nitrogens is 1. The Kier molecular flexibility index (Phi) is 23.3. The summed E-state index contributed by atoms with van der Waals surface area (Å²) in [4.78, 5) is 4.37. The van der Waals surface area contributed by atoms with Crippen molar-refractivity contribution in [2.24, 2.45) is 11.8 Å². The van der Waals surface area contributed by atoms with Crippen molar-refractivity contribution in [3.05, 3.63) is 337 Å². The minimum absolute atomic E-state index is 0.0251. The summed E-state index contributed by atoms with van der Waals surface area (Å²) in [6.45, 7) is 0. The van der Waals surface area contributed by atoms with E-state index in [9.17, 15) is 73.2 Å². The lowest BCUT2D eigenvalue weighted by molar-refractivity contribution is 0.295. The van der Waals surface area contributed by atoms with Crippen LogP contribution in [0.1, 0.15) is 113 Å². The molecule has 0 saturated heterocycles. The summed E-state index contributed by atoms with van der Waals surface area (Å²) in [5.74, 6) is -4.98. The van der Waals surface area contributed by atoms with E-state index in [2.05, 4.69) is 4.98 Å². The van der Waals surface area contributed by atoms with E-state index in [-0.39, 0.29) is 51.0 Å². The number of halogens is 9. The number of sulfone groups is 4. The number of thiazole rings is 1. The van der Waals surface area contributed by atoms with Crippen molar-refractivity contribution in [1.29, 1.82) is 0 Å². The second-order valence-electron chi connectivity index (χ2n) is 24.6. The maximum Gasteiger partial charge on any atom is 0.165 e. The Morgan fingerprint density at radius 3 is 0.798 bits per heavy atom. The zero-order valence-electron chi connectivity index (χ0n) is 54.1. The van der Waals surface area contributed by atoms with Crippen LogP contribution < -0.4 is 0 Å². The molecule has 2 aliphatic carbocycles. The summed E-state index contributed by atoms with van der Waals surface area (Å²) < 4.78 is 221. The Morgan fingerprint density at radius 1 is 0.313 bits per heavy atom. The van der Waals surface area contributed by atoms with E-state index >= 15 is 0 Å². The molecule has 9 nitrogen and oxygen atoms in total. The van der Waals surface area contributed by atoms with Gasteiger partial charge in [0.2, 0.25) is 0 Å². The molecule has 1 aromatic heterocycles. The second kappa shape index (κ2) is 30.7. The summed E-state index contributed by atoms with van der Waals surface area (Å²) in [6, 6.07) is 47.4. The number of rotatable bonds is 16. The molecule has 1 atom stereocenters. The van der Waals surface area contributed by atoms with Crippen LogP contribution in [0.2, 0.25) is 0 Å². The molecule has 0 radical (unpaired) electrons. The summed E-state index contributed by atoms with van der Waals surface area (Å²) >= 11 is 1.37. The molecule has 520 valence electrons. The van der Waals surface area contributed by atoms with E-state index in [0.717, 1.165) is 131 Å². The predicted molar refractivity (Wildman–Crippen MR) is 369 cm³/mol. The SMILES string of the molecule is CS(=O)(=O)C(c1ccc(F)cc1)(c1ccc(F)cc1)C1CCCC1.CS(=O)(=O)C(c1ccc(F)cc1)(c1ccc(F)cc1)c1ccccc1F.CS(=O)(=O)C(c1ccc(F)cc1)(c1ccc(F)cc1)c1ccccc1F.CS(=O)(=O)C(c1ccc(F)cc1)(c1nccs1)C1CCCCC1. The highest BCUT2D eigenvalue weighted by Gasteiger charge is 2.54. The molecule has 0 spiro atoms. The monoisotopic (exact) mass is 1460 g/mol. The van der Waals surface area contributed by atoms with Crippen LogP contribution >= 0.6 is 11.3 Å². The smallest absolute Gasteiger partial charge is 0.165 e. The first-order valence-corrected chi connectivity index (χ1v) is 39.8. The summed E-state index contributed by atoms with van der Waals surface area (Å²) in [5, 5.41) is 2.40. The zero-order valence-corrected chi connectivity index (χ0v) is 58.2. The van der Waals surface area contributed by atoms with Crippen molar-refractivity contribution in [2.45, 2.75) is 76.8 Å². The molecule has 0 aliphatic heterocycles. The van der Waals surface area contributed by atoms with Gasteiger partial charge in [0.15, 0.2) is 44.1 Å². The number of benzene rings is 9. The Hall–Kier alpha value is -8.22. The first-order chi connectivity index (χ1) is 46.8. The standard InChI is InChI=1S/2C20H15F3O2S.C19H20F2O2S.C17H20FNO2S2/c2*1-26(24,25)20(14-6-10-16(21)11-7-14,15-8-12-17(22)13-9-15)18-4-2-3-5-19(18)23;1-24(22,23)19(14-4-2-3-5-14,15-6-10-17(20)11-7-15)16-8-12-18(21)13-9-16;1-23(20,21)17(16-19-11-12-22-16,13-5-3-2-4-6-13)14-7-9-15(18)10-8-14/h2*2-13H,1H3;6-14H,2-5H2,1H3;7-13H,2-6H2,1H3. The van der Waals surface area contributed by atoms with Crippen molar-refractivity contribution in [3.63, 3.8) is 0 Å². The number of hydrogen-bond donors (Lipinski definition) is 0. The van der Waals surface area contributed by atoms with Crippen LogP contribution in [0.15, 0.2) is 230 Å². The van der Waals surface area contributed by atoms with Gasteiger partial charge in [-0.25, -0.2) is 78.2 Å². The topological polar surface area (TPSA) is 149 Å². The Bertz CT molecular complexity index is 4540. The Labute approximate surface area is 576 Å². The molecule has 2 aliphatic rings. The molecule has 1 heterocycles. The lowest BCUT2D eigenvalue weighted by Crippen LogP contribution is -2.44. The fourth-order valence-corrected chi connectivity index (χ4v) is 22.9. The summed E-state index contributed by atoms with van der Waals surface area (Å²) in [5.41, 5.74) is 2.16. The van der Waals surface area contributed by atoms with Gasteiger partial charge in [0.1, 0.15) is 71.6 Å². The van der Waals surface area contributed by atoms with E-state index in [1.165, 1.54) is 169 Å². The van der Waals surface area contributed by atoms with E-state index in [1.807, 2.05) is 5.38 Å². The average Bonchev–Trinajstić information content (AvgIpc) is 1.75. The average molecular weight is 1460 g/mol. The molecule has 0 bridgehead atoms. The van der Waals surface area contributed by atoms with Crippen molar-refractivity contribution < 1.29 is 73.2 Å². The molecule has 1 unspecified atom stereocenters. The van der Waals surface area contributed by atoms with Gasteiger partial charge in [-0.05, 0) is 174 Å². The fourth-order valence-electron chi connectivity index (χ4n) is 14.4. The molecule has 9 aromatic carbocycles. The van der Waals surface area contributed by atoms with E-state index < -0.39 is 105 Å². The molecule has 23 heteroatoms. The van der Waals surface area contributed by atoms with Crippen molar-refractivity contribution >= 4 is 50.7 Å². The van der Waals surface area contributed by atoms with Crippen molar-refractivity contribution in [3.8, 4) is 0 Å². The minimum Gasteiger partial charge on any atom is -0.248 e. The van der Waals surface area contributed by atoms with Gasteiger partial charge in [-0.1, -0.05) is 153 Å². The largest absolute Gasteiger partial charge is 0.248 e. The predicted octanol–water partition coefficient (Wildman–Crippen LogP) is 17.5.